The molecular formula is C15H15N7. The van der Waals surface area contributed by atoms with Gasteiger partial charge < -0.3 is 4.90 Å². The van der Waals surface area contributed by atoms with E-state index >= 15 is 0 Å². The minimum atomic E-state index is 0.165. The molecule has 0 radical (unpaired) electrons. The molecule has 1 saturated heterocycles. The number of rotatable bonds is 3. The Morgan fingerprint density at radius 2 is 1.95 bits per heavy atom. The fourth-order valence-electron chi connectivity index (χ4n) is 2.80. The van der Waals surface area contributed by atoms with Gasteiger partial charge in [-0.25, -0.2) is 19.9 Å². The van der Waals surface area contributed by atoms with Gasteiger partial charge in [0.25, 0.3) is 0 Å². The van der Waals surface area contributed by atoms with Crippen LogP contribution < -0.4 is 4.90 Å². The van der Waals surface area contributed by atoms with Crippen LogP contribution in [0.15, 0.2) is 49.6 Å². The summed E-state index contributed by atoms with van der Waals surface area (Å²) < 4.78 is 1.86. The van der Waals surface area contributed by atoms with Gasteiger partial charge in [-0.1, -0.05) is 0 Å². The first kappa shape index (κ1) is 12.9. The molecule has 0 aliphatic carbocycles. The molecule has 1 unspecified atom stereocenters. The highest BCUT2D eigenvalue weighted by molar-refractivity contribution is 5.36. The van der Waals surface area contributed by atoms with Gasteiger partial charge in [0.05, 0.1) is 24.1 Å². The SMILES string of the molecule is c1cnc(N2CCCC2c2cncc(-n3ccnc3)n2)nc1. The maximum Gasteiger partial charge on any atom is 0.225 e. The average Bonchev–Trinajstić information content (AvgIpc) is 3.27. The molecule has 1 fully saturated rings. The van der Waals surface area contributed by atoms with Gasteiger partial charge in [-0.15, -0.1) is 0 Å². The van der Waals surface area contributed by atoms with Crippen molar-refractivity contribution in [2.75, 3.05) is 11.4 Å². The predicted octanol–water partition coefficient (Wildman–Crippen LogP) is 1.79. The molecule has 0 saturated carbocycles. The Bertz CT molecular complexity index is 742. The Kier molecular flexibility index (Phi) is 3.23. The second-order valence-electron chi connectivity index (χ2n) is 5.17. The lowest BCUT2D eigenvalue weighted by Gasteiger charge is -2.24. The Morgan fingerprint density at radius 1 is 1.05 bits per heavy atom. The first-order chi connectivity index (χ1) is 10.9. The van der Waals surface area contributed by atoms with Crippen LogP contribution in [-0.2, 0) is 0 Å². The molecule has 0 amide bonds. The lowest BCUT2D eigenvalue weighted by molar-refractivity contribution is 0.671. The molecule has 4 heterocycles. The molecule has 0 N–H and O–H groups in total. The highest BCUT2D eigenvalue weighted by Crippen LogP contribution is 2.33. The monoisotopic (exact) mass is 293 g/mol. The summed E-state index contributed by atoms with van der Waals surface area (Å²) in [5.41, 5.74) is 0.941. The van der Waals surface area contributed by atoms with E-state index in [4.69, 9.17) is 4.98 Å². The molecule has 4 rings (SSSR count). The van der Waals surface area contributed by atoms with Gasteiger partial charge in [0.1, 0.15) is 6.33 Å². The average molecular weight is 293 g/mol. The number of nitrogens with zero attached hydrogens (tertiary/aromatic N) is 7. The van der Waals surface area contributed by atoms with Crippen LogP contribution in [0.2, 0.25) is 0 Å². The van der Waals surface area contributed by atoms with Crippen molar-refractivity contribution in [3.8, 4) is 5.82 Å². The molecule has 110 valence electrons. The van der Waals surface area contributed by atoms with E-state index < -0.39 is 0 Å². The van der Waals surface area contributed by atoms with Gasteiger partial charge in [-0.2, -0.15) is 0 Å². The summed E-state index contributed by atoms with van der Waals surface area (Å²) in [7, 11) is 0. The molecule has 1 aliphatic rings. The zero-order valence-electron chi connectivity index (χ0n) is 11.9. The zero-order valence-corrected chi connectivity index (χ0v) is 11.9. The van der Waals surface area contributed by atoms with E-state index in [0.29, 0.717) is 0 Å². The molecule has 0 aromatic carbocycles. The van der Waals surface area contributed by atoms with Crippen molar-refractivity contribution in [3.05, 3.63) is 55.3 Å². The lowest BCUT2D eigenvalue weighted by atomic mass is 10.1. The second kappa shape index (κ2) is 5.51. The summed E-state index contributed by atoms with van der Waals surface area (Å²) in [6.07, 6.45) is 14.5. The van der Waals surface area contributed by atoms with E-state index in [9.17, 15) is 0 Å². The van der Waals surface area contributed by atoms with Crippen molar-refractivity contribution in [1.82, 2.24) is 29.5 Å². The highest BCUT2D eigenvalue weighted by Gasteiger charge is 2.29. The Hall–Kier alpha value is -2.83. The summed E-state index contributed by atoms with van der Waals surface area (Å²) >= 11 is 0. The quantitative estimate of drug-likeness (QED) is 0.733. The second-order valence-corrected chi connectivity index (χ2v) is 5.17. The highest BCUT2D eigenvalue weighted by atomic mass is 15.3. The summed E-state index contributed by atoms with van der Waals surface area (Å²) in [6.45, 7) is 0.936. The van der Waals surface area contributed by atoms with Crippen LogP contribution in [0.4, 0.5) is 5.95 Å². The van der Waals surface area contributed by atoms with Crippen LogP contribution in [0.3, 0.4) is 0 Å². The number of aromatic nitrogens is 6. The van der Waals surface area contributed by atoms with E-state index in [1.54, 1.807) is 31.1 Å². The van der Waals surface area contributed by atoms with Crippen LogP contribution in [0.25, 0.3) is 5.82 Å². The summed E-state index contributed by atoms with van der Waals surface area (Å²) in [6, 6.07) is 1.99. The Labute approximate surface area is 127 Å². The maximum absolute atomic E-state index is 4.74. The number of hydrogen-bond acceptors (Lipinski definition) is 6. The van der Waals surface area contributed by atoms with E-state index in [0.717, 1.165) is 36.8 Å². The van der Waals surface area contributed by atoms with Crippen molar-refractivity contribution in [2.24, 2.45) is 0 Å². The molecule has 0 bridgehead atoms. The fraction of sp³-hybridized carbons (Fsp3) is 0.267. The molecule has 7 nitrogen and oxygen atoms in total. The molecule has 1 aliphatic heterocycles. The van der Waals surface area contributed by atoms with Crippen LogP contribution in [0.5, 0.6) is 0 Å². The van der Waals surface area contributed by atoms with E-state index in [2.05, 4.69) is 24.8 Å². The molecule has 1 atom stereocenters. The number of imidazole rings is 1. The summed E-state index contributed by atoms with van der Waals surface area (Å²) in [4.78, 5) is 24.0. The molecule has 7 heteroatoms. The van der Waals surface area contributed by atoms with Crippen LogP contribution >= 0.6 is 0 Å². The molecule has 22 heavy (non-hydrogen) atoms. The molecular weight excluding hydrogens is 278 g/mol. The minimum absolute atomic E-state index is 0.165. The number of hydrogen-bond donors (Lipinski definition) is 0. The largest absolute Gasteiger partial charge is 0.332 e. The van der Waals surface area contributed by atoms with E-state index in [1.165, 1.54) is 0 Å². The van der Waals surface area contributed by atoms with Crippen molar-refractivity contribution in [2.45, 2.75) is 18.9 Å². The maximum atomic E-state index is 4.74. The van der Waals surface area contributed by atoms with Crippen LogP contribution in [0, 0.1) is 0 Å². The van der Waals surface area contributed by atoms with Gasteiger partial charge >= 0.3 is 0 Å². The van der Waals surface area contributed by atoms with Crippen molar-refractivity contribution in [3.63, 3.8) is 0 Å². The first-order valence-corrected chi connectivity index (χ1v) is 7.26. The third-order valence-corrected chi connectivity index (χ3v) is 3.81. The summed E-state index contributed by atoms with van der Waals surface area (Å²) in [5, 5.41) is 0. The van der Waals surface area contributed by atoms with Crippen molar-refractivity contribution in [1.29, 1.82) is 0 Å². The third-order valence-electron chi connectivity index (χ3n) is 3.81. The normalized spacial score (nSPS) is 17.8. The first-order valence-electron chi connectivity index (χ1n) is 7.26. The van der Waals surface area contributed by atoms with Crippen LogP contribution in [-0.4, -0.2) is 36.0 Å². The standard InChI is InChI=1S/C15H15N7/c1-3-13(22(7-1)15-18-4-2-5-19-15)12-9-17-10-14(20-12)21-8-6-16-11-21/h2,4-6,8-11,13H,1,3,7H2. The van der Waals surface area contributed by atoms with Gasteiger partial charge in [0.2, 0.25) is 5.95 Å². The van der Waals surface area contributed by atoms with Gasteiger partial charge in [0, 0.05) is 31.3 Å². The van der Waals surface area contributed by atoms with Crippen molar-refractivity contribution < 1.29 is 0 Å². The van der Waals surface area contributed by atoms with Gasteiger partial charge in [-0.3, -0.25) is 9.55 Å². The van der Waals surface area contributed by atoms with Gasteiger partial charge in [-0.05, 0) is 18.9 Å². The smallest absolute Gasteiger partial charge is 0.225 e. The lowest BCUT2D eigenvalue weighted by Crippen LogP contribution is -2.25. The predicted molar refractivity (Wildman–Crippen MR) is 80.5 cm³/mol. The van der Waals surface area contributed by atoms with Crippen LogP contribution in [0.1, 0.15) is 24.6 Å². The Morgan fingerprint density at radius 3 is 2.77 bits per heavy atom. The fourth-order valence-corrected chi connectivity index (χ4v) is 2.80. The number of anilines is 1. The topological polar surface area (TPSA) is 72.6 Å². The molecule has 3 aromatic rings. The third kappa shape index (κ3) is 2.30. The minimum Gasteiger partial charge on any atom is -0.332 e. The van der Waals surface area contributed by atoms with E-state index in [-0.39, 0.29) is 6.04 Å². The Balaban J connectivity index is 1.68. The van der Waals surface area contributed by atoms with E-state index in [1.807, 2.05) is 23.0 Å². The van der Waals surface area contributed by atoms with Gasteiger partial charge in [0.15, 0.2) is 5.82 Å². The zero-order chi connectivity index (χ0) is 14.8. The summed E-state index contributed by atoms with van der Waals surface area (Å²) in [5.74, 6) is 1.52. The molecule has 0 spiro atoms. The van der Waals surface area contributed by atoms with Crippen molar-refractivity contribution >= 4 is 5.95 Å². The molecule has 3 aromatic heterocycles.